The second-order valence-electron chi connectivity index (χ2n) is 3.24. The van der Waals surface area contributed by atoms with E-state index in [1.807, 2.05) is 19.1 Å². The van der Waals surface area contributed by atoms with E-state index in [2.05, 4.69) is 5.32 Å². The van der Waals surface area contributed by atoms with E-state index in [9.17, 15) is 0 Å². The third-order valence-corrected chi connectivity index (χ3v) is 1.95. The first-order valence-corrected chi connectivity index (χ1v) is 4.57. The zero-order valence-electron chi connectivity index (χ0n) is 15.3. The summed E-state index contributed by atoms with van der Waals surface area (Å²) in [5, 5.41) is 2.83. The summed E-state index contributed by atoms with van der Waals surface area (Å²) in [5.74, 6) is 0. The summed E-state index contributed by atoms with van der Waals surface area (Å²) in [6.45, 7) is -0.771. The van der Waals surface area contributed by atoms with Crippen LogP contribution in [0.4, 0.5) is 11.4 Å². The van der Waals surface area contributed by atoms with Gasteiger partial charge in [0.1, 0.15) is 0 Å². The molecule has 0 unspecified atom stereocenters. The van der Waals surface area contributed by atoms with Crippen LogP contribution in [0.2, 0.25) is 0 Å². The van der Waals surface area contributed by atoms with Gasteiger partial charge in [-0.1, -0.05) is 35.3 Å². The average Bonchev–Trinajstić information content (AvgIpc) is 2.42. The van der Waals surface area contributed by atoms with Crippen molar-refractivity contribution in [2.45, 2.75) is 13.8 Å². The third-order valence-electron chi connectivity index (χ3n) is 1.95. The van der Waals surface area contributed by atoms with Gasteiger partial charge in [0, 0.05) is 15.5 Å². The Morgan fingerprint density at radius 2 is 1.60 bits per heavy atom. The lowest BCUT2D eigenvalue weighted by molar-refractivity contribution is 1.43. The lowest BCUT2D eigenvalue weighted by atomic mass is 10.2. The number of benzene rings is 2. The lowest BCUT2D eigenvalue weighted by Gasteiger charge is -2.06. The lowest BCUT2D eigenvalue weighted by Crippen LogP contribution is -1.89. The van der Waals surface area contributed by atoms with Crippen molar-refractivity contribution in [2.75, 3.05) is 5.32 Å². The van der Waals surface area contributed by atoms with Gasteiger partial charge in [-0.3, -0.25) is 0 Å². The molecule has 0 saturated heterocycles. The summed E-state index contributed by atoms with van der Waals surface area (Å²) in [6.07, 6.45) is 0. The highest BCUT2D eigenvalue weighted by molar-refractivity contribution is 5.59. The second kappa shape index (κ2) is 4.18. The normalized spacial score (nSPS) is 17.5. The van der Waals surface area contributed by atoms with Crippen molar-refractivity contribution >= 4 is 11.4 Å². The monoisotopic (exact) mass is 205 g/mol. The predicted octanol–water partition coefficient (Wildman–Crippen LogP) is 4.05. The Bertz CT molecular complexity index is 676. The van der Waals surface area contributed by atoms with Gasteiger partial charge in [-0.15, -0.1) is 0 Å². The standard InChI is InChI=1S/C14H15N/c1-11-3-7-13(8-4-11)15-14-9-5-12(2)6-10-14/h3-10,15H,1-2H3/i1D3,3D,4D,7D,8D,15+1. The summed E-state index contributed by atoms with van der Waals surface area (Å²) in [5.41, 5.74) is 1.06. The second-order valence-corrected chi connectivity index (χ2v) is 3.24. The molecule has 0 aromatic heterocycles. The van der Waals surface area contributed by atoms with Crippen LogP contribution in [0.15, 0.2) is 48.4 Å². The van der Waals surface area contributed by atoms with Gasteiger partial charge in [-0.05, 0) is 38.0 Å². The third kappa shape index (κ3) is 2.59. The van der Waals surface area contributed by atoms with Gasteiger partial charge in [0.05, 0.1) is 5.48 Å². The molecular formula is C14H15N. The highest BCUT2D eigenvalue weighted by Gasteiger charge is 1.93. The number of nitrogens with one attached hydrogen (secondary N) is 1. The molecule has 2 aromatic carbocycles. The Morgan fingerprint density at radius 1 is 0.933 bits per heavy atom. The highest BCUT2D eigenvalue weighted by atomic mass is 15.6. The van der Waals surface area contributed by atoms with Gasteiger partial charge in [-0.25, -0.2) is 0 Å². The zero-order chi connectivity index (χ0) is 16.7. The van der Waals surface area contributed by atoms with Gasteiger partial charge in [0.15, 0.2) is 0 Å². The molecule has 0 heterocycles. The van der Waals surface area contributed by atoms with Gasteiger partial charge >= 0.3 is 0 Å². The maximum atomic E-state index is 7.94. The fourth-order valence-corrected chi connectivity index (χ4v) is 1.16. The van der Waals surface area contributed by atoms with Crippen molar-refractivity contribution in [3.05, 3.63) is 59.6 Å². The van der Waals surface area contributed by atoms with E-state index < -0.39 is 36.6 Å². The molecule has 0 aliphatic carbocycles. The maximum Gasteiger partial charge on any atom is 0.0645 e. The van der Waals surface area contributed by atoms with E-state index in [1.54, 1.807) is 12.1 Å². The van der Waals surface area contributed by atoms with Crippen molar-refractivity contribution in [1.82, 2.24) is 0 Å². The molecule has 0 atom stereocenters. The van der Waals surface area contributed by atoms with Gasteiger partial charge < -0.3 is 5.32 Å². The van der Waals surface area contributed by atoms with Crippen LogP contribution in [0.25, 0.3) is 0 Å². The first-order valence-electron chi connectivity index (χ1n) is 8.07. The van der Waals surface area contributed by atoms with Crippen molar-refractivity contribution in [3.63, 3.8) is 0 Å². The molecule has 0 radical (unpaired) electrons. The number of hydrogen-bond acceptors (Lipinski definition) is 1. The van der Waals surface area contributed by atoms with Crippen LogP contribution in [-0.2, 0) is 0 Å². The summed E-state index contributed by atoms with van der Waals surface area (Å²) in [7, 11) is 0. The summed E-state index contributed by atoms with van der Waals surface area (Å²) >= 11 is 0. The number of rotatable bonds is 2. The van der Waals surface area contributed by atoms with Gasteiger partial charge in [0.2, 0.25) is 0 Å². The van der Waals surface area contributed by atoms with Crippen LogP contribution in [0, 0.1) is 13.8 Å². The largest absolute Gasteiger partial charge is 0.356 e. The molecule has 0 spiro atoms. The molecule has 1 nitrogen and oxygen atoms in total. The number of hydrogen-bond donors (Lipinski definition) is 1. The van der Waals surface area contributed by atoms with Crippen LogP contribution in [0.3, 0.4) is 0 Å². The topological polar surface area (TPSA) is 12.0 Å². The van der Waals surface area contributed by atoms with E-state index in [1.165, 1.54) is 0 Å². The van der Waals surface area contributed by atoms with Crippen LogP contribution in [-0.4, -0.2) is 0 Å². The molecule has 1 N–H and O–H groups in total. The predicted molar refractivity (Wildman–Crippen MR) is 65.6 cm³/mol. The van der Waals surface area contributed by atoms with Crippen molar-refractivity contribution in [3.8, 4) is 0 Å². The molecule has 2 rings (SSSR count). The van der Waals surface area contributed by atoms with Crippen LogP contribution < -0.4 is 5.32 Å². The molecule has 15 heavy (non-hydrogen) atoms. The minimum atomic E-state index is -2.69. The Hall–Kier alpha value is -1.76. The quantitative estimate of drug-likeness (QED) is 0.729. The first kappa shape index (κ1) is 4.40. The molecule has 0 saturated carbocycles. The van der Waals surface area contributed by atoms with E-state index in [-0.39, 0.29) is 5.69 Å². The van der Waals surface area contributed by atoms with Crippen LogP contribution >= 0.6 is 0 Å². The van der Waals surface area contributed by atoms with Crippen molar-refractivity contribution in [2.24, 2.45) is 0 Å². The van der Waals surface area contributed by atoms with E-state index in [4.69, 9.17) is 9.60 Å². The summed E-state index contributed by atoms with van der Waals surface area (Å²) in [4.78, 5) is 0. The minimum Gasteiger partial charge on any atom is -0.356 e. The maximum absolute atomic E-state index is 7.94. The Labute approximate surface area is 101 Å². The molecule has 0 fully saturated rings. The molecule has 0 amide bonds. The van der Waals surface area contributed by atoms with Crippen LogP contribution in [0.1, 0.15) is 20.7 Å². The number of anilines is 2. The Morgan fingerprint density at radius 3 is 2.20 bits per heavy atom. The fourth-order valence-electron chi connectivity index (χ4n) is 1.16. The Balaban J connectivity index is 2.56. The summed E-state index contributed by atoms with van der Waals surface area (Å²) in [6, 6.07) is 5.30. The van der Waals surface area contributed by atoms with Crippen molar-refractivity contribution in [1.29, 1.82) is 0 Å². The molecule has 2 aromatic rings. The molecule has 0 aliphatic rings. The fraction of sp³-hybridized carbons (Fsp3) is 0.143. The minimum absolute atomic E-state index is 0.0353. The SMILES string of the molecule is [2H]c1c([2H])c(C([2H])([2H])[2H])c([2H])c([2H])c1[15NH]c1ccc(C)cc1. The van der Waals surface area contributed by atoms with Crippen molar-refractivity contribution < 1.29 is 9.60 Å². The Kier molecular flexibility index (Phi) is 1.22. The zero-order valence-corrected chi connectivity index (χ0v) is 8.31. The highest BCUT2D eigenvalue weighted by Crippen LogP contribution is 2.17. The molecular weight excluding hydrogens is 183 g/mol. The van der Waals surface area contributed by atoms with E-state index in [0.29, 0.717) is 5.69 Å². The first-order chi connectivity index (χ1) is 10.1. The van der Waals surface area contributed by atoms with Gasteiger partial charge in [0.25, 0.3) is 0 Å². The molecule has 0 bridgehead atoms. The number of aryl methyl sites for hydroxylation is 1. The molecule has 1 heteroatoms. The smallest absolute Gasteiger partial charge is 0.0645 e. The van der Waals surface area contributed by atoms with Crippen LogP contribution in [0.5, 0.6) is 0 Å². The summed E-state index contributed by atoms with van der Waals surface area (Å²) < 4.78 is 53.7. The van der Waals surface area contributed by atoms with Gasteiger partial charge in [-0.2, -0.15) is 0 Å². The van der Waals surface area contributed by atoms with E-state index >= 15 is 0 Å². The van der Waals surface area contributed by atoms with E-state index in [0.717, 1.165) is 5.56 Å². The average molecular weight is 205 g/mol. The molecule has 0 aliphatic heterocycles. The molecule has 76 valence electrons.